The number of carbonyl (C=O) groups is 3. The highest BCUT2D eigenvalue weighted by atomic mass is 16.6. The Balaban J connectivity index is 4.39. The van der Waals surface area contributed by atoms with E-state index in [9.17, 15) is 14.4 Å². The summed E-state index contributed by atoms with van der Waals surface area (Å²) in [6.07, 6.45) is 56.9. The number of carbonyl (C=O) groups excluding carboxylic acids is 3. The van der Waals surface area contributed by atoms with Crippen LogP contribution in [-0.4, -0.2) is 37.2 Å². The van der Waals surface area contributed by atoms with Gasteiger partial charge in [0.2, 0.25) is 0 Å². The van der Waals surface area contributed by atoms with Gasteiger partial charge in [0.15, 0.2) is 6.10 Å². The SMILES string of the molecule is CCCCC/C=C\C=C/CCCCCCCCC(=O)OCC(COC(=O)CCCCCCCCCCCCCCC)OC(=O)CCCCC/C=C\CCCCCCCCC. The van der Waals surface area contributed by atoms with Crippen LogP contribution in [0.1, 0.15) is 271 Å². The van der Waals surface area contributed by atoms with Crippen molar-refractivity contribution in [3.05, 3.63) is 36.5 Å². The molecule has 1 unspecified atom stereocenters. The van der Waals surface area contributed by atoms with Crippen LogP contribution in [0, 0.1) is 0 Å². The van der Waals surface area contributed by atoms with Crippen molar-refractivity contribution in [2.45, 2.75) is 277 Å². The molecule has 0 saturated heterocycles. The molecule has 0 bridgehead atoms. The van der Waals surface area contributed by atoms with Gasteiger partial charge in [0.1, 0.15) is 13.2 Å². The quantitative estimate of drug-likeness (QED) is 0.0200. The van der Waals surface area contributed by atoms with Crippen LogP contribution < -0.4 is 0 Å². The first kappa shape index (κ1) is 57.6. The fraction of sp³-hybridized carbons (Fsp3) is 0.833. The molecule has 0 spiro atoms. The summed E-state index contributed by atoms with van der Waals surface area (Å²) in [5.41, 5.74) is 0. The van der Waals surface area contributed by atoms with Gasteiger partial charge in [0.25, 0.3) is 0 Å². The van der Waals surface area contributed by atoms with Crippen molar-refractivity contribution < 1.29 is 28.6 Å². The van der Waals surface area contributed by atoms with Crippen molar-refractivity contribution in [3.63, 3.8) is 0 Å². The van der Waals surface area contributed by atoms with E-state index in [1.54, 1.807) is 0 Å². The molecule has 0 amide bonds. The number of unbranched alkanes of at least 4 members (excludes halogenated alkanes) is 31. The molecule has 0 aromatic carbocycles. The summed E-state index contributed by atoms with van der Waals surface area (Å²) < 4.78 is 16.8. The molecule has 6 nitrogen and oxygen atoms in total. The van der Waals surface area contributed by atoms with Crippen LogP contribution >= 0.6 is 0 Å². The molecular formula is C54H98O6. The van der Waals surface area contributed by atoms with Gasteiger partial charge in [-0.1, -0.05) is 218 Å². The number of allylic oxidation sites excluding steroid dienone is 6. The second-order valence-electron chi connectivity index (χ2n) is 17.5. The summed E-state index contributed by atoms with van der Waals surface area (Å²) in [6.45, 7) is 6.60. The lowest BCUT2D eigenvalue weighted by Gasteiger charge is -2.18. The summed E-state index contributed by atoms with van der Waals surface area (Å²) in [7, 11) is 0. The van der Waals surface area contributed by atoms with Gasteiger partial charge in [-0.15, -0.1) is 0 Å². The van der Waals surface area contributed by atoms with E-state index < -0.39 is 6.10 Å². The molecular weight excluding hydrogens is 745 g/mol. The van der Waals surface area contributed by atoms with E-state index in [-0.39, 0.29) is 31.1 Å². The Bertz CT molecular complexity index is 1020. The molecule has 350 valence electrons. The largest absolute Gasteiger partial charge is 0.462 e. The van der Waals surface area contributed by atoms with Crippen LogP contribution in [0.25, 0.3) is 0 Å². The molecule has 1 atom stereocenters. The summed E-state index contributed by atoms with van der Waals surface area (Å²) in [5.74, 6) is -0.897. The highest BCUT2D eigenvalue weighted by Gasteiger charge is 2.19. The Kier molecular flexibility index (Phi) is 47.3. The minimum Gasteiger partial charge on any atom is -0.462 e. The number of esters is 3. The van der Waals surface area contributed by atoms with Crippen molar-refractivity contribution in [2.24, 2.45) is 0 Å². The van der Waals surface area contributed by atoms with Crippen molar-refractivity contribution in [1.29, 1.82) is 0 Å². The molecule has 0 aromatic rings. The monoisotopic (exact) mass is 843 g/mol. The van der Waals surface area contributed by atoms with Gasteiger partial charge in [-0.2, -0.15) is 0 Å². The highest BCUT2D eigenvalue weighted by molar-refractivity contribution is 5.71. The lowest BCUT2D eigenvalue weighted by molar-refractivity contribution is -0.167. The van der Waals surface area contributed by atoms with Crippen molar-refractivity contribution in [2.75, 3.05) is 13.2 Å². The standard InChI is InChI=1S/C54H98O6/c1-4-7-10-13-16-19-22-25-27-30-32-35-38-41-44-47-53(56)59-50-51(49-58-52(55)46-43-40-37-34-31-28-24-21-18-15-12-9-6-3)60-54(57)48-45-42-39-36-33-29-26-23-20-17-14-11-8-5-2/h16,19,22,25,29,33,51H,4-15,17-18,20-21,23-24,26-28,30-32,34-50H2,1-3H3/b19-16-,25-22-,33-29-. The average molecular weight is 843 g/mol. The Labute approximate surface area is 372 Å². The molecule has 0 saturated carbocycles. The van der Waals surface area contributed by atoms with Gasteiger partial charge in [-0.3, -0.25) is 14.4 Å². The first-order valence-electron chi connectivity index (χ1n) is 26.0. The summed E-state index contributed by atoms with van der Waals surface area (Å²) in [6, 6.07) is 0. The predicted molar refractivity (Wildman–Crippen MR) is 256 cm³/mol. The van der Waals surface area contributed by atoms with E-state index in [1.807, 2.05) is 0 Å². The molecule has 0 radical (unpaired) electrons. The van der Waals surface area contributed by atoms with Gasteiger partial charge in [0, 0.05) is 19.3 Å². The Morgan fingerprint density at radius 3 is 0.983 bits per heavy atom. The number of hydrogen-bond acceptors (Lipinski definition) is 6. The van der Waals surface area contributed by atoms with Crippen molar-refractivity contribution in [3.8, 4) is 0 Å². The van der Waals surface area contributed by atoms with Gasteiger partial charge in [-0.25, -0.2) is 0 Å². The third-order valence-electron chi connectivity index (χ3n) is 11.4. The fourth-order valence-electron chi connectivity index (χ4n) is 7.43. The normalized spacial score (nSPS) is 12.2. The lowest BCUT2D eigenvalue weighted by Crippen LogP contribution is -2.30. The third kappa shape index (κ3) is 46.7. The minimum atomic E-state index is -0.780. The average Bonchev–Trinajstić information content (AvgIpc) is 3.24. The smallest absolute Gasteiger partial charge is 0.306 e. The van der Waals surface area contributed by atoms with Crippen molar-refractivity contribution >= 4 is 17.9 Å². The van der Waals surface area contributed by atoms with Crippen LogP contribution in [-0.2, 0) is 28.6 Å². The fourth-order valence-corrected chi connectivity index (χ4v) is 7.43. The number of ether oxygens (including phenoxy) is 3. The van der Waals surface area contributed by atoms with Gasteiger partial charge >= 0.3 is 17.9 Å². The maximum Gasteiger partial charge on any atom is 0.306 e. The van der Waals surface area contributed by atoms with E-state index in [2.05, 4.69) is 57.2 Å². The Hall–Kier alpha value is -2.37. The van der Waals surface area contributed by atoms with Crippen LogP contribution in [0.15, 0.2) is 36.5 Å². The zero-order chi connectivity index (χ0) is 43.7. The number of rotatable bonds is 47. The molecule has 0 heterocycles. The molecule has 6 heteroatoms. The van der Waals surface area contributed by atoms with Gasteiger partial charge in [0.05, 0.1) is 0 Å². The Morgan fingerprint density at radius 1 is 0.333 bits per heavy atom. The van der Waals surface area contributed by atoms with E-state index in [0.29, 0.717) is 19.3 Å². The first-order chi connectivity index (χ1) is 29.5. The third-order valence-corrected chi connectivity index (χ3v) is 11.4. The molecule has 0 aliphatic heterocycles. The zero-order valence-electron chi connectivity index (χ0n) is 40.0. The zero-order valence-corrected chi connectivity index (χ0v) is 40.0. The molecule has 0 fully saturated rings. The van der Waals surface area contributed by atoms with Crippen LogP contribution in [0.4, 0.5) is 0 Å². The topological polar surface area (TPSA) is 78.9 Å². The highest BCUT2D eigenvalue weighted by Crippen LogP contribution is 2.15. The van der Waals surface area contributed by atoms with Crippen LogP contribution in [0.3, 0.4) is 0 Å². The van der Waals surface area contributed by atoms with E-state index in [1.165, 1.54) is 154 Å². The maximum absolute atomic E-state index is 12.8. The van der Waals surface area contributed by atoms with Gasteiger partial charge in [-0.05, 0) is 70.6 Å². The van der Waals surface area contributed by atoms with Crippen molar-refractivity contribution in [1.82, 2.24) is 0 Å². The predicted octanol–water partition coefficient (Wildman–Crippen LogP) is 16.9. The first-order valence-corrected chi connectivity index (χ1v) is 26.0. The van der Waals surface area contributed by atoms with E-state index in [0.717, 1.165) is 77.0 Å². The molecule has 0 aliphatic carbocycles. The summed E-state index contributed by atoms with van der Waals surface area (Å²) >= 11 is 0. The summed E-state index contributed by atoms with van der Waals surface area (Å²) in [4.78, 5) is 37.9. The number of hydrogen-bond donors (Lipinski definition) is 0. The van der Waals surface area contributed by atoms with Crippen LogP contribution in [0.2, 0.25) is 0 Å². The maximum atomic E-state index is 12.8. The minimum absolute atomic E-state index is 0.0791. The van der Waals surface area contributed by atoms with Gasteiger partial charge < -0.3 is 14.2 Å². The van der Waals surface area contributed by atoms with E-state index in [4.69, 9.17) is 14.2 Å². The van der Waals surface area contributed by atoms with E-state index >= 15 is 0 Å². The molecule has 0 aromatic heterocycles. The second kappa shape index (κ2) is 49.3. The van der Waals surface area contributed by atoms with Crippen LogP contribution in [0.5, 0.6) is 0 Å². The molecule has 60 heavy (non-hydrogen) atoms. The second-order valence-corrected chi connectivity index (χ2v) is 17.5. The molecule has 0 rings (SSSR count). The summed E-state index contributed by atoms with van der Waals surface area (Å²) in [5, 5.41) is 0. The lowest BCUT2D eigenvalue weighted by atomic mass is 10.0. The Morgan fingerprint density at radius 2 is 0.600 bits per heavy atom. The molecule has 0 N–H and O–H groups in total. The molecule has 0 aliphatic rings.